The third kappa shape index (κ3) is 6.63. The monoisotopic (exact) mass is 590 g/mol. The fraction of sp³-hybridized carbons (Fsp3) is 0.258. The van der Waals surface area contributed by atoms with Gasteiger partial charge in [0.2, 0.25) is 15.9 Å². The number of benzene rings is 3. The predicted molar refractivity (Wildman–Crippen MR) is 164 cm³/mol. The Morgan fingerprint density at radius 2 is 1.57 bits per heavy atom. The second kappa shape index (κ2) is 12.9. The van der Waals surface area contributed by atoms with Crippen LogP contribution in [0.1, 0.15) is 42.3 Å². The van der Waals surface area contributed by atoms with E-state index in [1.807, 2.05) is 44.2 Å². The maximum Gasteiger partial charge on any atom is 0.338 e. The number of nitrogens with one attached hydrogen (secondary N) is 2. The van der Waals surface area contributed by atoms with Crippen molar-refractivity contribution in [2.24, 2.45) is 0 Å². The Morgan fingerprint density at radius 1 is 0.905 bits per heavy atom. The van der Waals surface area contributed by atoms with Gasteiger partial charge in [-0.2, -0.15) is 0 Å². The van der Waals surface area contributed by atoms with Gasteiger partial charge in [-0.3, -0.25) is 13.9 Å². The van der Waals surface area contributed by atoms with Crippen molar-refractivity contribution in [2.75, 3.05) is 47.4 Å². The van der Waals surface area contributed by atoms with Gasteiger partial charge in [0.15, 0.2) is 0 Å². The molecule has 2 N–H and O–H groups in total. The molecule has 0 spiro atoms. The molecular weight excluding hydrogens is 556 g/mol. The number of likely N-dealkylation sites (N-methyl/N-ethyl adjacent to an activating group) is 1. The number of amides is 2. The highest BCUT2D eigenvalue weighted by Crippen LogP contribution is 2.38. The molecule has 1 aliphatic rings. The van der Waals surface area contributed by atoms with Gasteiger partial charge in [0, 0.05) is 24.3 Å². The molecule has 1 heterocycles. The molecule has 0 saturated carbocycles. The first kappa shape index (κ1) is 30.3. The number of carbonyl (C=O) groups excluding carboxylic acids is 3. The quantitative estimate of drug-likeness (QED) is 0.250. The van der Waals surface area contributed by atoms with Crippen molar-refractivity contribution < 1.29 is 27.5 Å². The summed E-state index contributed by atoms with van der Waals surface area (Å²) in [4.78, 5) is 39.8. The number of hydrogen-bond acceptors (Lipinski definition) is 7. The number of hydrogen-bond donors (Lipinski definition) is 2. The van der Waals surface area contributed by atoms with Gasteiger partial charge in [-0.05, 0) is 62.7 Å². The number of rotatable bonds is 11. The zero-order valence-corrected chi connectivity index (χ0v) is 24.8. The van der Waals surface area contributed by atoms with Crippen molar-refractivity contribution in [3.63, 3.8) is 0 Å². The number of fused-ring (bicyclic) bond motifs is 1. The fourth-order valence-electron chi connectivity index (χ4n) is 4.70. The highest BCUT2D eigenvalue weighted by atomic mass is 32.2. The SMILES string of the molecule is CCOC(=O)c1ccc2c(c1)NC(=O)C2=C(Nc1ccc(N(CC(=O)N(CC)CC)S(C)(=O)=O)cc1)c1ccccc1. The molecule has 0 radical (unpaired) electrons. The minimum absolute atomic E-state index is 0.239. The standard InChI is InChI=1S/C31H34N4O6S/c1-5-34(6-2)27(36)20-35(42(4,39)40)24-16-14-23(15-17-24)32-29(21-11-9-8-10-12-21)28-25-18-13-22(31(38)41-7-3)19-26(25)33-30(28)37/h8-19,32H,5-7,20H2,1-4H3,(H,33,37). The van der Waals surface area contributed by atoms with Crippen LogP contribution in [-0.2, 0) is 24.3 Å². The maximum absolute atomic E-state index is 13.3. The Kier molecular flexibility index (Phi) is 9.31. The molecule has 0 saturated heterocycles. The summed E-state index contributed by atoms with van der Waals surface area (Å²) in [6.07, 6.45) is 1.07. The number of esters is 1. The normalized spacial score (nSPS) is 13.6. The lowest BCUT2D eigenvalue weighted by atomic mass is 9.99. The molecule has 0 unspecified atom stereocenters. The molecular formula is C31H34N4O6S. The van der Waals surface area contributed by atoms with Crippen LogP contribution in [0.4, 0.5) is 17.1 Å². The van der Waals surface area contributed by atoms with E-state index in [0.717, 1.165) is 16.1 Å². The van der Waals surface area contributed by atoms with E-state index >= 15 is 0 Å². The summed E-state index contributed by atoms with van der Waals surface area (Å²) in [6, 6.07) is 20.8. The lowest BCUT2D eigenvalue weighted by Gasteiger charge is -2.26. The van der Waals surface area contributed by atoms with Gasteiger partial charge < -0.3 is 20.3 Å². The Morgan fingerprint density at radius 3 is 2.17 bits per heavy atom. The van der Waals surface area contributed by atoms with Crippen molar-refractivity contribution in [2.45, 2.75) is 20.8 Å². The summed E-state index contributed by atoms with van der Waals surface area (Å²) in [5, 5.41) is 6.18. The van der Waals surface area contributed by atoms with Crippen LogP contribution < -0.4 is 14.9 Å². The van der Waals surface area contributed by atoms with Crippen LogP contribution in [0.5, 0.6) is 0 Å². The number of carbonyl (C=O) groups is 3. The molecule has 2 amide bonds. The van der Waals surface area contributed by atoms with E-state index in [1.165, 1.54) is 0 Å². The van der Waals surface area contributed by atoms with Gasteiger partial charge in [0.05, 0.1) is 41.1 Å². The van der Waals surface area contributed by atoms with Crippen LogP contribution in [0, 0.1) is 0 Å². The fourth-order valence-corrected chi connectivity index (χ4v) is 5.55. The molecule has 42 heavy (non-hydrogen) atoms. The van der Waals surface area contributed by atoms with Crippen LogP contribution in [0.2, 0.25) is 0 Å². The van der Waals surface area contributed by atoms with Crippen LogP contribution in [0.25, 0.3) is 11.3 Å². The predicted octanol–water partition coefficient (Wildman–Crippen LogP) is 4.43. The van der Waals surface area contributed by atoms with E-state index in [0.29, 0.717) is 52.5 Å². The molecule has 0 atom stereocenters. The van der Waals surface area contributed by atoms with Crippen molar-refractivity contribution >= 4 is 56.1 Å². The molecule has 3 aromatic carbocycles. The first-order valence-corrected chi connectivity index (χ1v) is 15.5. The Hall–Kier alpha value is -4.64. The average Bonchev–Trinajstić information content (AvgIpc) is 3.30. The van der Waals surface area contributed by atoms with Crippen LogP contribution in [0.3, 0.4) is 0 Å². The van der Waals surface area contributed by atoms with E-state index in [4.69, 9.17) is 4.74 Å². The van der Waals surface area contributed by atoms with Crippen molar-refractivity contribution in [1.29, 1.82) is 0 Å². The van der Waals surface area contributed by atoms with Gasteiger partial charge in [-0.1, -0.05) is 36.4 Å². The average molecular weight is 591 g/mol. The molecule has 0 aromatic heterocycles. The van der Waals surface area contributed by atoms with Gasteiger partial charge in [0.1, 0.15) is 6.54 Å². The molecule has 4 rings (SSSR count). The number of anilines is 3. The minimum Gasteiger partial charge on any atom is -0.462 e. The zero-order valence-electron chi connectivity index (χ0n) is 24.0. The maximum atomic E-state index is 13.3. The molecule has 220 valence electrons. The number of nitrogens with zero attached hydrogens (tertiary/aromatic N) is 2. The molecule has 1 aliphatic heterocycles. The lowest BCUT2D eigenvalue weighted by molar-refractivity contribution is -0.129. The van der Waals surface area contributed by atoms with Gasteiger partial charge >= 0.3 is 5.97 Å². The minimum atomic E-state index is -3.74. The third-order valence-electron chi connectivity index (χ3n) is 6.81. The van der Waals surface area contributed by atoms with E-state index in [1.54, 1.807) is 54.3 Å². The number of ether oxygens (including phenoxy) is 1. The van der Waals surface area contributed by atoms with Crippen molar-refractivity contribution in [3.8, 4) is 0 Å². The van der Waals surface area contributed by atoms with Gasteiger partial charge in [0.25, 0.3) is 5.91 Å². The first-order valence-electron chi connectivity index (χ1n) is 13.6. The summed E-state index contributed by atoms with van der Waals surface area (Å²) in [6.45, 7) is 6.30. The molecule has 0 fully saturated rings. The Bertz CT molecular complexity index is 1610. The molecule has 0 aliphatic carbocycles. The van der Waals surface area contributed by atoms with Gasteiger partial charge in [-0.15, -0.1) is 0 Å². The summed E-state index contributed by atoms with van der Waals surface area (Å²) in [7, 11) is -3.74. The molecule has 11 heteroatoms. The Labute approximate surface area is 246 Å². The van der Waals surface area contributed by atoms with Crippen LogP contribution in [0.15, 0.2) is 72.8 Å². The summed E-state index contributed by atoms with van der Waals surface area (Å²) in [5.74, 6) is -1.11. The van der Waals surface area contributed by atoms with Crippen LogP contribution >= 0.6 is 0 Å². The summed E-state index contributed by atoms with van der Waals surface area (Å²) < 4.78 is 31.4. The van der Waals surface area contributed by atoms with E-state index in [9.17, 15) is 22.8 Å². The third-order valence-corrected chi connectivity index (χ3v) is 7.95. The Balaban J connectivity index is 1.71. The van der Waals surface area contributed by atoms with Crippen molar-refractivity contribution in [1.82, 2.24) is 4.90 Å². The lowest BCUT2D eigenvalue weighted by Crippen LogP contribution is -2.42. The summed E-state index contributed by atoms with van der Waals surface area (Å²) >= 11 is 0. The van der Waals surface area contributed by atoms with Crippen molar-refractivity contribution in [3.05, 3.63) is 89.5 Å². The van der Waals surface area contributed by atoms with Crippen LogP contribution in [-0.4, -0.2) is 63.6 Å². The van der Waals surface area contributed by atoms with E-state index in [-0.39, 0.29) is 25.0 Å². The molecule has 3 aromatic rings. The van der Waals surface area contributed by atoms with Gasteiger partial charge in [-0.25, -0.2) is 13.2 Å². The smallest absolute Gasteiger partial charge is 0.338 e. The second-order valence-corrected chi connectivity index (χ2v) is 11.5. The zero-order chi connectivity index (χ0) is 30.4. The highest BCUT2D eigenvalue weighted by molar-refractivity contribution is 7.92. The topological polar surface area (TPSA) is 125 Å². The highest BCUT2D eigenvalue weighted by Gasteiger charge is 2.30. The van der Waals surface area contributed by atoms with E-state index in [2.05, 4.69) is 10.6 Å². The first-order chi connectivity index (χ1) is 20.1. The molecule has 0 bridgehead atoms. The molecule has 10 nitrogen and oxygen atoms in total. The number of sulfonamides is 1. The summed E-state index contributed by atoms with van der Waals surface area (Å²) in [5.41, 5.74) is 4.04. The second-order valence-electron chi connectivity index (χ2n) is 9.56. The largest absolute Gasteiger partial charge is 0.462 e. The van der Waals surface area contributed by atoms with E-state index < -0.39 is 16.0 Å².